The van der Waals surface area contributed by atoms with Crippen molar-refractivity contribution in [2.75, 3.05) is 20.3 Å². The third-order valence-corrected chi connectivity index (χ3v) is 5.71. The lowest BCUT2D eigenvalue weighted by Crippen LogP contribution is -2.47. The van der Waals surface area contributed by atoms with Gasteiger partial charge in [0.2, 0.25) is 11.8 Å². The van der Waals surface area contributed by atoms with Crippen LogP contribution in [0.4, 0.5) is 0 Å². The Morgan fingerprint density at radius 2 is 1.79 bits per heavy atom. The van der Waals surface area contributed by atoms with Crippen LogP contribution in [0.5, 0.6) is 0 Å². The molecule has 0 spiro atoms. The smallest absolute Gasteiger partial charge is 0.249 e. The quantitative estimate of drug-likeness (QED) is 0.606. The van der Waals surface area contributed by atoms with Crippen LogP contribution >= 0.6 is 11.3 Å². The fourth-order valence-corrected chi connectivity index (χ4v) is 3.86. The maximum atomic E-state index is 13.2. The van der Waals surface area contributed by atoms with Crippen LogP contribution in [0.2, 0.25) is 0 Å². The van der Waals surface area contributed by atoms with Crippen molar-refractivity contribution in [1.82, 2.24) is 9.80 Å². The van der Waals surface area contributed by atoms with Crippen molar-refractivity contribution in [2.24, 2.45) is 0 Å². The Morgan fingerprint density at radius 3 is 2.36 bits per heavy atom. The monoisotopic (exact) mass is 402 g/mol. The van der Waals surface area contributed by atoms with Gasteiger partial charge in [-0.25, -0.2) is 0 Å². The first-order valence-electron chi connectivity index (χ1n) is 9.60. The van der Waals surface area contributed by atoms with E-state index in [9.17, 15) is 9.59 Å². The van der Waals surface area contributed by atoms with Gasteiger partial charge >= 0.3 is 0 Å². The van der Waals surface area contributed by atoms with Gasteiger partial charge in [0.15, 0.2) is 0 Å². The summed E-state index contributed by atoms with van der Waals surface area (Å²) in [6, 6.07) is 14.1. The molecule has 1 atom stereocenters. The van der Waals surface area contributed by atoms with E-state index >= 15 is 0 Å². The van der Waals surface area contributed by atoms with Crippen molar-refractivity contribution < 1.29 is 14.3 Å². The molecule has 28 heavy (non-hydrogen) atoms. The van der Waals surface area contributed by atoms with Crippen molar-refractivity contribution in [1.29, 1.82) is 0 Å². The molecule has 0 radical (unpaired) electrons. The van der Waals surface area contributed by atoms with Gasteiger partial charge in [0.05, 0.1) is 6.54 Å². The van der Waals surface area contributed by atoms with Gasteiger partial charge in [-0.3, -0.25) is 9.59 Å². The predicted octanol–water partition coefficient (Wildman–Crippen LogP) is 3.86. The number of hydrogen-bond acceptors (Lipinski definition) is 4. The van der Waals surface area contributed by atoms with Gasteiger partial charge in [-0.1, -0.05) is 37.3 Å². The minimum Gasteiger partial charge on any atom is -0.375 e. The maximum absolute atomic E-state index is 13.2. The van der Waals surface area contributed by atoms with Gasteiger partial charge in [0, 0.05) is 29.5 Å². The summed E-state index contributed by atoms with van der Waals surface area (Å²) in [6.45, 7) is 7.15. The van der Waals surface area contributed by atoms with E-state index in [1.807, 2.05) is 49.1 Å². The zero-order chi connectivity index (χ0) is 20.5. The van der Waals surface area contributed by atoms with Gasteiger partial charge in [-0.05, 0) is 38.0 Å². The molecule has 2 rings (SSSR count). The molecular formula is C22H30N2O3S. The molecule has 1 unspecified atom stereocenters. The number of aryl methyl sites for hydroxylation is 1. The first kappa shape index (κ1) is 22.1. The number of methoxy groups -OCH3 is 1. The Labute approximate surface area is 171 Å². The number of thiophene rings is 1. The van der Waals surface area contributed by atoms with E-state index in [4.69, 9.17) is 4.74 Å². The number of rotatable bonds is 10. The lowest BCUT2D eigenvalue weighted by atomic mass is 10.2. The average molecular weight is 403 g/mol. The van der Waals surface area contributed by atoms with Gasteiger partial charge in [0.1, 0.15) is 13.2 Å². The normalized spacial score (nSPS) is 11.9. The first-order chi connectivity index (χ1) is 13.4. The van der Waals surface area contributed by atoms with Crippen molar-refractivity contribution in [3.8, 4) is 0 Å². The van der Waals surface area contributed by atoms with Crippen molar-refractivity contribution in [2.45, 2.75) is 46.3 Å². The molecular weight excluding hydrogens is 372 g/mol. The summed E-state index contributed by atoms with van der Waals surface area (Å²) >= 11 is 1.69. The number of ether oxygens (including phenoxy) is 1. The topological polar surface area (TPSA) is 49.9 Å². The summed E-state index contributed by atoms with van der Waals surface area (Å²) in [5.74, 6) is -0.212. The Balaban J connectivity index is 2.19. The van der Waals surface area contributed by atoms with Crippen LogP contribution in [0, 0.1) is 6.92 Å². The van der Waals surface area contributed by atoms with E-state index in [1.54, 1.807) is 16.2 Å². The molecule has 1 aromatic carbocycles. The Bertz CT molecular complexity index is 760. The Morgan fingerprint density at radius 1 is 1.07 bits per heavy atom. The van der Waals surface area contributed by atoms with Crippen LogP contribution in [-0.4, -0.2) is 47.9 Å². The fourth-order valence-electron chi connectivity index (χ4n) is 2.96. The third-order valence-electron chi connectivity index (χ3n) is 4.73. The lowest BCUT2D eigenvalue weighted by Gasteiger charge is -2.31. The van der Waals surface area contributed by atoms with E-state index in [1.165, 1.54) is 12.0 Å². The molecule has 0 saturated heterocycles. The second-order valence-electron chi connectivity index (χ2n) is 6.96. The van der Waals surface area contributed by atoms with Crippen LogP contribution < -0.4 is 0 Å². The van der Waals surface area contributed by atoms with Crippen molar-refractivity contribution in [3.63, 3.8) is 0 Å². The van der Waals surface area contributed by atoms with Gasteiger partial charge in [-0.2, -0.15) is 0 Å². The molecule has 1 aromatic heterocycles. The fraction of sp³-hybridized carbons (Fsp3) is 0.455. The molecule has 6 heteroatoms. The van der Waals surface area contributed by atoms with Gasteiger partial charge in [0.25, 0.3) is 0 Å². The summed E-state index contributed by atoms with van der Waals surface area (Å²) in [5, 5.41) is 0. The summed E-state index contributed by atoms with van der Waals surface area (Å²) in [5.41, 5.74) is 1.07. The number of carbonyl (C=O) groups excluding carboxylic acids is 2. The zero-order valence-corrected chi connectivity index (χ0v) is 18.0. The summed E-state index contributed by atoms with van der Waals surface area (Å²) in [7, 11) is 1.50. The molecule has 0 saturated carbocycles. The van der Waals surface area contributed by atoms with E-state index in [0.29, 0.717) is 13.1 Å². The van der Waals surface area contributed by atoms with Gasteiger partial charge in [-0.15, -0.1) is 11.3 Å². The number of nitrogens with zero attached hydrogens (tertiary/aromatic N) is 2. The molecule has 2 aromatic rings. The van der Waals surface area contributed by atoms with Crippen LogP contribution in [0.1, 0.15) is 35.6 Å². The largest absolute Gasteiger partial charge is 0.375 e. The van der Waals surface area contributed by atoms with E-state index in [2.05, 4.69) is 19.1 Å². The van der Waals surface area contributed by atoms with Crippen LogP contribution in [0.3, 0.4) is 0 Å². The molecule has 0 bridgehead atoms. The third kappa shape index (κ3) is 6.46. The minimum atomic E-state index is -0.156. The molecule has 2 amide bonds. The molecule has 152 valence electrons. The Kier molecular flexibility index (Phi) is 8.67. The van der Waals surface area contributed by atoms with Crippen LogP contribution in [-0.2, 0) is 27.4 Å². The highest BCUT2D eigenvalue weighted by Crippen LogP contribution is 2.19. The number of amides is 2. The lowest BCUT2D eigenvalue weighted by molar-refractivity contribution is -0.145. The molecule has 0 aliphatic rings. The molecule has 1 heterocycles. The summed E-state index contributed by atoms with van der Waals surface area (Å²) in [4.78, 5) is 31.5. The molecule has 0 N–H and O–H groups in total. The minimum absolute atomic E-state index is 0.0135. The Hall–Kier alpha value is -2.18. The van der Waals surface area contributed by atoms with E-state index in [-0.39, 0.29) is 31.0 Å². The maximum Gasteiger partial charge on any atom is 0.249 e. The highest BCUT2D eigenvalue weighted by molar-refractivity contribution is 7.11. The summed E-state index contributed by atoms with van der Waals surface area (Å²) < 4.78 is 5.00. The second kappa shape index (κ2) is 11.0. The first-order valence-corrected chi connectivity index (χ1v) is 10.4. The van der Waals surface area contributed by atoms with Crippen molar-refractivity contribution in [3.05, 3.63) is 57.8 Å². The van der Waals surface area contributed by atoms with E-state index in [0.717, 1.165) is 16.9 Å². The van der Waals surface area contributed by atoms with E-state index < -0.39 is 0 Å². The van der Waals surface area contributed by atoms with Crippen LogP contribution in [0.25, 0.3) is 0 Å². The second-order valence-corrected chi connectivity index (χ2v) is 8.33. The molecule has 0 aliphatic carbocycles. The predicted molar refractivity (Wildman–Crippen MR) is 113 cm³/mol. The number of benzene rings is 1. The highest BCUT2D eigenvalue weighted by Gasteiger charge is 2.25. The molecule has 0 aliphatic heterocycles. The standard InChI is InChI=1S/C22H30N2O3S/c1-5-17(2)24(22(26)16-27-4)15-21(25)23(13-19-9-7-6-8-10-19)14-20-12-11-18(3)28-20/h6-12,17H,5,13-16H2,1-4H3. The summed E-state index contributed by atoms with van der Waals surface area (Å²) in [6.07, 6.45) is 0.783. The number of carbonyl (C=O) groups is 2. The zero-order valence-electron chi connectivity index (χ0n) is 17.2. The number of hydrogen-bond donors (Lipinski definition) is 0. The van der Waals surface area contributed by atoms with Gasteiger partial charge < -0.3 is 14.5 Å². The van der Waals surface area contributed by atoms with Crippen molar-refractivity contribution >= 4 is 23.2 Å². The molecule has 0 fully saturated rings. The average Bonchev–Trinajstić information content (AvgIpc) is 3.10. The highest BCUT2D eigenvalue weighted by atomic mass is 32.1. The molecule has 5 nitrogen and oxygen atoms in total. The SMILES string of the molecule is CCC(C)N(CC(=O)N(Cc1ccccc1)Cc1ccc(C)s1)C(=O)COC. The van der Waals surface area contributed by atoms with Crippen LogP contribution in [0.15, 0.2) is 42.5 Å².